The molecule has 0 aromatic heterocycles. The Morgan fingerprint density at radius 3 is 2.35 bits per heavy atom. The lowest BCUT2D eigenvalue weighted by Crippen LogP contribution is -2.43. The maximum absolute atomic E-state index is 12.5. The van der Waals surface area contributed by atoms with Crippen LogP contribution in [-0.2, 0) is 14.3 Å². The highest BCUT2D eigenvalue weighted by atomic mass is 16.5. The minimum absolute atomic E-state index is 0.0374. The summed E-state index contributed by atoms with van der Waals surface area (Å²) in [5.74, 6) is -1.22. The average Bonchev–Trinajstić information content (AvgIpc) is 3.15. The molecule has 180 valence electrons. The molecule has 1 aliphatic heterocycles. The topological polar surface area (TPSA) is 116 Å². The summed E-state index contributed by atoms with van der Waals surface area (Å²) in [5, 5.41) is 21.7. The van der Waals surface area contributed by atoms with Crippen LogP contribution in [0.1, 0.15) is 42.7 Å². The quantitative estimate of drug-likeness (QED) is 0.551. The van der Waals surface area contributed by atoms with E-state index < -0.39 is 18.2 Å². The Hall–Kier alpha value is -3.39. The molecule has 3 N–H and O–H groups in total. The minimum Gasteiger partial charge on any atom is -0.481 e. The molecular weight excluding hydrogens is 436 g/mol. The first kappa shape index (κ1) is 23.8. The number of alkyl carbamates (subject to hydrolysis) is 1. The normalized spacial score (nSPS) is 18.0. The van der Waals surface area contributed by atoms with Crippen LogP contribution in [0.3, 0.4) is 0 Å². The molecule has 8 nitrogen and oxygen atoms in total. The fraction of sp³-hybridized carbons (Fsp3) is 0.423. The number of benzene rings is 2. The Labute approximate surface area is 198 Å². The monoisotopic (exact) mass is 466 g/mol. The number of carbonyl (C=O) groups is 3. The van der Waals surface area contributed by atoms with E-state index in [1.165, 1.54) is 0 Å². The molecule has 34 heavy (non-hydrogen) atoms. The second-order valence-electron chi connectivity index (χ2n) is 9.01. The standard InChI is InChI=1S/C26H30N2O6/c29-18(13-24(30)28-11-5-6-17(15-28)12-25(31)32)14-27-26(33)34-16-23-21-9-3-1-7-19(21)20-8-2-4-10-22(20)23/h1-4,7-10,17-18,23,29H,5-6,11-16H2,(H,27,33)(H,31,32). The van der Waals surface area contributed by atoms with Gasteiger partial charge in [-0.15, -0.1) is 0 Å². The Morgan fingerprint density at radius 2 is 1.71 bits per heavy atom. The SMILES string of the molecule is O=C(O)CC1CCCN(C(=O)CC(O)CNC(=O)OCC2c3ccccc3-c3ccccc32)C1. The molecule has 2 aromatic rings. The summed E-state index contributed by atoms with van der Waals surface area (Å²) in [4.78, 5) is 37.3. The maximum Gasteiger partial charge on any atom is 0.407 e. The molecule has 2 aromatic carbocycles. The molecule has 8 heteroatoms. The van der Waals surface area contributed by atoms with E-state index in [1.807, 2.05) is 36.4 Å². The first-order valence-electron chi connectivity index (χ1n) is 11.7. The summed E-state index contributed by atoms with van der Waals surface area (Å²) in [7, 11) is 0. The molecule has 2 unspecified atom stereocenters. The zero-order valence-corrected chi connectivity index (χ0v) is 19.0. The van der Waals surface area contributed by atoms with Crippen molar-refractivity contribution in [1.29, 1.82) is 0 Å². The lowest BCUT2D eigenvalue weighted by molar-refractivity contribution is -0.141. The summed E-state index contributed by atoms with van der Waals surface area (Å²) >= 11 is 0. The lowest BCUT2D eigenvalue weighted by Gasteiger charge is -2.32. The van der Waals surface area contributed by atoms with Gasteiger partial charge in [-0.3, -0.25) is 9.59 Å². The van der Waals surface area contributed by atoms with E-state index in [0.717, 1.165) is 35.1 Å². The predicted octanol–water partition coefficient (Wildman–Crippen LogP) is 2.99. The summed E-state index contributed by atoms with van der Waals surface area (Å²) in [6.45, 7) is 1.02. The van der Waals surface area contributed by atoms with Crippen molar-refractivity contribution in [2.45, 2.75) is 37.7 Å². The highest BCUT2D eigenvalue weighted by Gasteiger charge is 2.29. The Kier molecular flexibility index (Phi) is 7.47. The van der Waals surface area contributed by atoms with Crippen molar-refractivity contribution in [2.75, 3.05) is 26.2 Å². The van der Waals surface area contributed by atoms with Crippen LogP contribution in [0.15, 0.2) is 48.5 Å². The summed E-state index contributed by atoms with van der Waals surface area (Å²) in [6, 6.07) is 16.1. The fourth-order valence-corrected chi connectivity index (χ4v) is 4.96. The van der Waals surface area contributed by atoms with Gasteiger partial charge in [0.05, 0.1) is 12.5 Å². The number of nitrogens with one attached hydrogen (secondary N) is 1. The van der Waals surface area contributed by atoms with Crippen LogP contribution in [0, 0.1) is 5.92 Å². The van der Waals surface area contributed by atoms with Crippen molar-refractivity contribution in [1.82, 2.24) is 10.2 Å². The molecule has 0 spiro atoms. The number of hydrogen-bond donors (Lipinski definition) is 3. The number of hydrogen-bond acceptors (Lipinski definition) is 5. The number of carbonyl (C=O) groups excluding carboxylic acids is 2. The molecular formula is C26H30N2O6. The predicted molar refractivity (Wildman–Crippen MR) is 125 cm³/mol. The van der Waals surface area contributed by atoms with Gasteiger partial charge < -0.3 is 25.2 Å². The maximum atomic E-state index is 12.5. The number of carboxylic acids is 1. The van der Waals surface area contributed by atoms with Gasteiger partial charge >= 0.3 is 12.1 Å². The first-order valence-corrected chi connectivity index (χ1v) is 11.7. The number of piperidine rings is 1. The third-order valence-corrected chi connectivity index (χ3v) is 6.57. The summed E-state index contributed by atoms with van der Waals surface area (Å²) < 4.78 is 5.45. The number of aliphatic carboxylic acids is 1. The number of ether oxygens (including phenoxy) is 1. The zero-order chi connectivity index (χ0) is 24.1. The number of nitrogens with zero attached hydrogens (tertiary/aromatic N) is 1. The zero-order valence-electron chi connectivity index (χ0n) is 19.0. The van der Waals surface area contributed by atoms with E-state index in [0.29, 0.717) is 13.1 Å². The second-order valence-corrected chi connectivity index (χ2v) is 9.01. The van der Waals surface area contributed by atoms with Gasteiger partial charge in [-0.1, -0.05) is 48.5 Å². The molecule has 0 saturated carbocycles. The van der Waals surface area contributed by atoms with Crippen LogP contribution in [-0.4, -0.2) is 65.4 Å². The highest BCUT2D eigenvalue weighted by molar-refractivity contribution is 5.79. The smallest absolute Gasteiger partial charge is 0.407 e. The summed E-state index contributed by atoms with van der Waals surface area (Å²) in [6.07, 6.45) is -0.264. The average molecular weight is 467 g/mol. The van der Waals surface area contributed by atoms with Gasteiger partial charge in [0, 0.05) is 32.0 Å². The Bertz CT molecular complexity index is 1010. The third-order valence-electron chi connectivity index (χ3n) is 6.57. The van der Waals surface area contributed by atoms with E-state index in [1.54, 1.807) is 4.90 Å². The molecule has 1 aliphatic carbocycles. The third kappa shape index (κ3) is 5.56. The number of fused-ring (bicyclic) bond motifs is 3. The van der Waals surface area contributed by atoms with E-state index >= 15 is 0 Å². The molecule has 0 radical (unpaired) electrons. The van der Waals surface area contributed by atoms with Crippen LogP contribution in [0.2, 0.25) is 0 Å². The molecule has 2 amide bonds. The molecule has 0 bridgehead atoms. The van der Waals surface area contributed by atoms with E-state index in [2.05, 4.69) is 17.4 Å². The lowest BCUT2D eigenvalue weighted by atomic mass is 9.94. The molecule has 1 heterocycles. The largest absolute Gasteiger partial charge is 0.481 e. The molecule has 2 aliphatic rings. The van der Waals surface area contributed by atoms with Crippen LogP contribution >= 0.6 is 0 Å². The van der Waals surface area contributed by atoms with Crippen molar-refractivity contribution < 1.29 is 29.3 Å². The van der Waals surface area contributed by atoms with Gasteiger partial charge in [0.25, 0.3) is 0 Å². The summed E-state index contributed by atoms with van der Waals surface area (Å²) in [5.41, 5.74) is 4.52. The van der Waals surface area contributed by atoms with Crippen LogP contribution < -0.4 is 5.32 Å². The molecule has 1 fully saturated rings. The number of aliphatic hydroxyl groups excluding tert-OH is 1. The number of likely N-dealkylation sites (tertiary alicyclic amines) is 1. The highest BCUT2D eigenvalue weighted by Crippen LogP contribution is 2.44. The van der Waals surface area contributed by atoms with Gasteiger partial charge in [0.1, 0.15) is 6.61 Å². The molecule has 4 rings (SSSR count). The van der Waals surface area contributed by atoms with Crippen LogP contribution in [0.5, 0.6) is 0 Å². The Morgan fingerprint density at radius 1 is 1.06 bits per heavy atom. The number of aliphatic hydroxyl groups is 1. The van der Waals surface area contributed by atoms with E-state index in [-0.39, 0.29) is 43.7 Å². The number of rotatable bonds is 8. The number of carboxylic acid groups (broad SMARTS) is 1. The van der Waals surface area contributed by atoms with Gasteiger partial charge in [-0.2, -0.15) is 0 Å². The second kappa shape index (κ2) is 10.7. The minimum atomic E-state index is -1.05. The van der Waals surface area contributed by atoms with E-state index in [9.17, 15) is 19.5 Å². The number of amides is 2. The van der Waals surface area contributed by atoms with Crippen molar-refractivity contribution in [2.24, 2.45) is 5.92 Å². The van der Waals surface area contributed by atoms with Crippen LogP contribution in [0.4, 0.5) is 4.79 Å². The van der Waals surface area contributed by atoms with Gasteiger partial charge in [0.15, 0.2) is 0 Å². The first-order chi connectivity index (χ1) is 16.4. The molecule has 2 atom stereocenters. The van der Waals surface area contributed by atoms with Gasteiger partial charge in [-0.25, -0.2) is 4.79 Å². The van der Waals surface area contributed by atoms with Gasteiger partial charge in [-0.05, 0) is 41.0 Å². The molecule has 1 saturated heterocycles. The fourth-order valence-electron chi connectivity index (χ4n) is 4.96. The van der Waals surface area contributed by atoms with Crippen molar-refractivity contribution in [3.8, 4) is 11.1 Å². The van der Waals surface area contributed by atoms with Crippen molar-refractivity contribution in [3.63, 3.8) is 0 Å². The van der Waals surface area contributed by atoms with Crippen molar-refractivity contribution in [3.05, 3.63) is 59.7 Å². The van der Waals surface area contributed by atoms with Gasteiger partial charge in [0.2, 0.25) is 5.91 Å². The van der Waals surface area contributed by atoms with Crippen LogP contribution in [0.25, 0.3) is 11.1 Å². The Balaban J connectivity index is 1.23. The van der Waals surface area contributed by atoms with Crippen molar-refractivity contribution >= 4 is 18.0 Å². The van der Waals surface area contributed by atoms with E-state index in [4.69, 9.17) is 9.84 Å².